The molecule has 1 amide bonds. The van der Waals surface area contributed by atoms with Gasteiger partial charge in [-0.15, -0.1) is 0 Å². The van der Waals surface area contributed by atoms with Crippen LogP contribution in [0.5, 0.6) is 11.5 Å². The highest BCUT2D eigenvalue weighted by atomic mass is 16.6. The van der Waals surface area contributed by atoms with Gasteiger partial charge < -0.3 is 24.3 Å². The Morgan fingerprint density at radius 3 is 2.20 bits per heavy atom. The molecule has 0 aliphatic heterocycles. The molecule has 0 aromatic heterocycles. The summed E-state index contributed by atoms with van der Waals surface area (Å²) in [4.78, 5) is 37.5. The number of carbonyl (C=O) groups excluding carboxylic acids is 3. The molecule has 0 heterocycles. The lowest BCUT2D eigenvalue weighted by molar-refractivity contribution is -0.147. The molecule has 0 bridgehead atoms. The first-order chi connectivity index (χ1) is 16.7. The van der Waals surface area contributed by atoms with E-state index in [-0.39, 0.29) is 23.5 Å². The average Bonchev–Trinajstić information content (AvgIpc) is 2.79. The maximum Gasteiger partial charge on any atom is 0.374 e. The Morgan fingerprint density at radius 2 is 1.57 bits per heavy atom. The van der Waals surface area contributed by atoms with Gasteiger partial charge in [-0.3, -0.25) is 4.79 Å². The minimum atomic E-state index is -0.833. The second kappa shape index (κ2) is 13.8. The number of amides is 1. The molecule has 1 N–H and O–H groups in total. The molecule has 2 rings (SSSR count). The van der Waals surface area contributed by atoms with E-state index in [2.05, 4.69) is 12.2 Å². The van der Waals surface area contributed by atoms with Gasteiger partial charge in [0.25, 0.3) is 5.91 Å². The van der Waals surface area contributed by atoms with Crippen LogP contribution in [0.4, 0.5) is 5.69 Å². The molecule has 0 radical (unpaired) electrons. The molecule has 0 atom stereocenters. The van der Waals surface area contributed by atoms with Crippen molar-refractivity contribution in [2.75, 3.05) is 11.9 Å². The van der Waals surface area contributed by atoms with Crippen molar-refractivity contribution in [3.63, 3.8) is 0 Å². The normalized spacial score (nSPS) is 11.2. The van der Waals surface area contributed by atoms with E-state index in [1.807, 2.05) is 0 Å². The first-order valence-corrected chi connectivity index (χ1v) is 11.6. The molecule has 8 heteroatoms. The Labute approximate surface area is 206 Å². The Morgan fingerprint density at radius 1 is 0.914 bits per heavy atom. The zero-order chi connectivity index (χ0) is 25.8. The number of esters is 2. The lowest BCUT2D eigenvalue weighted by Crippen LogP contribution is -2.20. The fourth-order valence-corrected chi connectivity index (χ4v) is 2.78. The molecule has 0 fully saturated rings. The van der Waals surface area contributed by atoms with Gasteiger partial charge in [0.2, 0.25) is 5.76 Å². The van der Waals surface area contributed by atoms with Crippen molar-refractivity contribution in [2.24, 2.45) is 0 Å². The van der Waals surface area contributed by atoms with Gasteiger partial charge in [-0.2, -0.15) is 0 Å². The van der Waals surface area contributed by atoms with Gasteiger partial charge >= 0.3 is 11.9 Å². The molecule has 35 heavy (non-hydrogen) atoms. The second-order valence-electron chi connectivity index (χ2n) is 8.23. The summed E-state index contributed by atoms with van der Waals surface area (Å²) in [7, 11) is 0. The summed E-state index contributed by atoms with van der Waals surface area (Å²) < 4.78 is 21.6. The Kier molecular flexibility index (Phi) is 10.8. The van der Waals surface area contributed by atoms with Gasteiger partial charge in [0.05, 0.1) is 30.6 Å². The second-order valence-corrected chi connectivity index (χ2v) is 8.23. The molecule has 188 valence electrons. The molecule has 0 saturated carbocycles. The van der Waals surface area contributed by atoms with Gasteiger partial charge in [0, 0.05) is 5.56 Å². The van der Waals surface area contributed by atoms with Crippen molar-refractivity contribution < 1.29 is 33.3 Å². The predicted octanol–water partition coefficient (Wildman–Crippen LogP) is 5.28. The number of benzene rings is 2. The maximum atomic E-state index is 12.8. The van der Waals surface area contributed by atoms with Crippen LogP contribution in [-0.4, -0.2) is 36.7 Å². The van der Waals surface area contributed by atoms with E-state index in [1.165, 1.54) is 0 Å². The Hall–Kier alpha value is -3.81. The summed E-state index contributed by atoms with van der Waals surface area (Å²) in [5, 5.41) is 2.77. The first-order valence-electron chi connectivity index (χ1n) is 11.6. The SMILES string of the molecule is CCCCOc1ccc(C(=O)Nc2ccccc2O/C(=C/C(=O)OC(C)C)C(=O)OC(C)C)cc1. The zero-order valence-electron chi connectivity index (χ0n) is 20.8. The standard InChI is InChI=1S/C27H33NO7/c1-6-7-16-32-21-14-12-20(13-15-21)26(30)28-22-10-8-9-11-23(22)35-24(27(31)34-19(4)5)17-25(29)33-18(2)3/h8-15,17-19H,6-7,16H2,1-5H3,(H,28,30)/b24-17+. The van der Waals surface area contributed by atoms with E-state index >= 15 is 0 Å². The van der Waals surface area contributed by atoms with Gasteiger partial charge in [0.15, 0.2) is 5.75 Å². The third-order valence-electron chi connectivity index (χ3n) is 4.38. The van der Waals surface area contributed by atoms with Crippen molar-refractivity contribution in [3.8, 4) is 11.5 Å². The topological polar surface area (TPSA) is 100 Å². The third-order valence-corrected chi connectivity index (χ3v) is 4.38. The molecular formula is C27H33NO7. The van der Waals surface area contributed by atoms with Crippen LogP contribution >= 0.6 is 0 Å². The number of nitrogens with one attached hydrogen (secondary N) is 1. The van der Waals surface area contributed by atoms with E-state index in [9.17, 15) is 14.4 Å². The highest BCUT2D eigenvalue weighted by Gasteiger charge is 2.20. The molecule has 0 spiro atoms. The predicted molar refractivity (Wildman–Crippen MR) is 132 cm³/mol. The highest BCUT2D eigenvalue weighted by molar-refractivity contribution is 6.05. The quantitative estimate of drug-likeness (QED) is 0.190. The molecule has 0 aliphatic carbocycles. The molecule has 2 aromatic carbocycles. The van der Waals surface area contributed by atoms with E-state index in [1.54, 1.807) is 76.2 Å². The number of unbranched alkanes of at least 4 members (excludes halogenated alkanes) is 1. The summed E-state index contributed by atoms with van der Waals surface area (Å²) >= 11 is 0. The number of ether oxygens (including phenoxy) is 4. The van der Waals surface area contributed by atoms with Gasteiger partial charge in [-0.25, -0.2) is 9.59 Å². The van der Waals surface area contributed by atoms with Crippen molar-refractivity contribution in [2.45, 2.75) is 59.7 Å². The Bertz CT molecular complexity index is 1030. The van der Waals surface area contributed by atoms with E-state index in [0.29, 0.717) is 23.6 Å². The van der Waals surface area contributed by atoms with Crippen LogP contribution in [0.2, 0.25) is 0 Å². The maximum absolute atomic E-state index is 12.8. The molecule has 0 aliphatic rings. The molecular weight excluding hydrogens is 450 g/mol. The highest BCUT2D eigenvalue weighted by Crippen LogP contribution is 2.27. The largest absolute Gasteiger partial charge is 0.494 e. The van der Waals surface area contributed by atoms with Gasteiger partial charge in [0.1, 0.15) is 5.75 Å². The third kappa shape index (κ3) is 9.52. The minimum absolute atomic E-state index is 0.157. The molecule has 8 nitrogen and oxygen atoms in total. The molecule has 0 unspecified atom stereocenters. The zero-order valence-corrected chi connectivity index (χ0v) is 20.8. The molecule has 0 saturated heterocycles. The number of anilines is 1. The summed E-state index contributed by atoms with van der Waals surface area (Å²) in [6.45, 7) is 9.43. The lowest BCUT2D eigenvalue weighted by Gasteiger charge is -2.15. The lowest BCUT2D eigenvalue weighted by atomic mass is 10.2. The number of carbonyl (C=O) groups is 3. The number of hydrogen-bond donors (Lipinski definition) is 1. The van der Waals surface area contributed by atoms with Crippen LogP contribution in [0.3, 0.4) is 0 Å². The minimum Gasteiger partial charge on any atom is -0.494 e. The van der Waals surface area contributed by atoms with E-state index in [0.717, 1.165) is 18.9 Å². The van der Waals surface area contributed by atoms with Crippen LogP contribution in [-0.2, 0) is 19.1 Å². The van der Waals surface area contributed by atoms with Crippen LogP contribution < -0.4 is 14.8 Å². The summed E-state index contributed by atoms with van der Waals surface area (Å²) in [5.74, 6) is -1.48. The van der Waals surface area contributed by atoms with Crippen molar-refractivity contribution in [1.29, 1.82) is 0 Å². The number of hydrogen-bond acceptors (Lipinski definition) is 7. The average molecular weight is 484 g/mol. The fourth-order valence-electron chi connectivity index (χ4n) is 2.78. The van der Waals surface area contributed by atoms with E-state index < -0.39 is 18.0 Å². The Balaban J connectivity index is 2.20. The summed E-state index contributed by atoms with van der Waals surface area (Å²) in [5.41, 5.74) is 0.722. The first kappa shape index (κ1) is 27.4. The van der Waals surface area contributed by atoms with Gasteiger partial charge in [-0.1, -0.05) is 25.5 Å². The van der Waals surface area contributed by atoms with Crippen LogP contribution in [0.1, 0.15) is 57.8 Å². The van der Waals surface area contributed by atoms with E-state index in [4.69, 9.17) is 18.9 Å². The van der Waals surface area contributed by atoms with Gasteiger partial charge in [-0.05, 0) is 70.5 Å². The summed E-state index contributed by atoms with van der Waals surface area (Å²) in [6, 6.07) is 13.3. The van der Waals surface area contributed by atoms with Crippen LogP contribution in [0.15, 0.2) is 60.4 Å². The fraction of sp³-hybridized carbons (Fsp3) is 0.370. The smallest absolute Gasteiger partial charge is 0.374 e. The number of para-hydroxylation sites is 2. The van der Waals surface area contributed by atoms with Crippen molar-refractivity contribution >= 4 is 23.5 Å². The van der Waals surface area contributed by atoms with Crippen molar-refractivity contribution in [3.05, 3.63) is 65.9 Å². The molecule has 2 aromatic rings. The summed E-state index contributed by atoms with van der Waals surface area (Å²) in [6.07, 6.45) is 2.11. The van der Waals surface area contributed by atoms with Crippen molar-refractivity contribution in [1.82, 2.24) is 0 Å². The van der Waals surface area contributed by atoms with Crippen LogP contribution in [0, 0.1) is 0 Å². The monoisotopic (exact) mass is 483 g/mol. The van der Waals surface area contributed by atoms with Crippen LogP contribution in [0.25, 0.3) is 0 Å². The number of rotatable bonds is 12.